The minimum Gasteiger partial charge on any atom is -0.508 e. The molecule has 0 amide bonds. The smallest absolute Gasteiger partial charge is 0.320 e. The van der Waals surface area contributed by atoms with Gasteiger partial charge in [-0.05, 0) is 83.6 Å². The third kappa shape index (κ3) is 15.9. The van der Waals surface area contributed by atoms with Gasteiger partial charge >= 0.3 is 23.9 Å². The molecular weight excluding hydrogens is 718 g/mol. The van der Waals surface area contributed by atoms with E-state index in [2.05, 4.69) is 4.98 Å². The summed E-state index contributed by atoms with van der Waals surface area (Å²) in [6, 6.07) is 20.5. The number of aromatic hydroxyl groups is 4. The summed E-state index contributed by atoms with van der Waals surface area (Å²) >= 11 is 0. The Morgan fingerprint density at radius 1 is 0.491 bits per heavy atom. The lowest BCUT2D eigenvalue weighted by Gasteiger charge is -2.07. The number of benzene rings is 4. The number of aromatic amines is 1. The summed E-state index contributed by atoms with van der Waals surface area (Å²) in [6.07, 6.45) is 2.59. The summed E-state index contributed by atoms with van der Waals surface area (Å²) < 4.78 is 0. The molecule has 0 fully saturated rings. The molecule has 4 unspecified atom stereocenters. The van der Waals surface area contributed by atoms with Gasteiger partial charge in [0.15, 0.2) is 0 Å². The number of nitrogens with one attached hydrogen (secondary N) is 1. The number of para-hydroxylation sites is 1. The van der Waals surface area contributed by atoms with E-state index in [1.807, 2.05) is 0 Å². The first kappa shape index (κ1) is 44.5. The Balaban J connectivity index is 0.000000255. The molecule has 0 saturated heterocycles. The van der Waals surface area contributed by atoms with Crippen molar-refractivity contribution in [2.45, 2.75) is 49.9 Å². The predicted molar refractivity (Wildman–Crippen MR) is 202 cm³/mol. The number of fused-ring (bicyclic) bond motifs is 1. The molecule has 5 aromatic rings. The molecule has 0 aliphatic rings. The van der Waals surface area contributed by atoms with Crippen LogP contribution >= 0.6 is 0 Å². The predicted octanol–water partition coefficient (Wildman–Crippen LogP) is 1.87. The van der Waals surface area contributed by atoms with Crippen molar-refractivity contribution in [1.82, 2.24) is 4.98 Å². The fourth-order valence-corrected chi connectivity index (χ4v) is 4.67. The monoisotopic (exact) mass is 763 g/mol. The Bertz CT molecular complexity index is 2020. The molecule has 1 heterocycles. The molecule has 0 radical (unpaired) electrons. The van der Waals surface area contributed by atoms with Gasteiger partial charge in [-0.15, -0.1) is 0 Å². The Kier molecular flexibility index (Phi) is 17.6. The summed E-state index contributed by atoms with van der Waals surface area (Å²) in [5, 5.41) is 71.8. The van der Waals surface area contributed by atoms with Gasteiger partial charge in [-0.1, -0.05) is 42.5 Å². The lowest BCUT2D eigenvalue weighted by Crippen LogP contribution is -2.32. The van der Waals surface area contributed by atoms with Crippen molar-refractivity contribution in [2.75, 3.05) is 0 Å². The lowest BCUT2D eigenvalue weighted by molar-refractivity contribution is -0.139. The van der Waals surface area contributed by atoms with Crippen molar-refractivity contribution < 1.29 is 60.0 Å². The van der Waals surface area contributed by atoms with Crippen LogP contribution in [0.4, 0.5) is 0 Å². The molecular formula is C38H45N5O12. The highest BCUT2D eigenvalue weighted by atomic mass is 16.4. The zero-order valence-electron chi connectivity index (χ0n) is 29.4. The van der Waals surface area contributed by atoms with Crippen molar-refractivity contribution >= 4 is 34.8 Å². The van der Waals surface area contributed by atoms with Crippen molar-refractivity contribution in [1.29, 1.82) is 0 Å². The van der Waals surface area contributed by atoms with Gasteiger partial charge in [0.2, 0.25) is 0 Å². The highest BCUT2D eigenvalue weighted by Crippen LogP contribution is 2.23. The minimum atomic E-state index is -1.07. The largest absolute Gasteiger partial charge is 0.508 e. The van der Waals surface area contributed by atoms with Crippen LogP contribution in [0.3, 0.4) is 0 Å². The van der Waals surface area contributed by atoms with Crippen LogP contribution in [-0.2, 0) is 44.9 Å². The van der Waals surface area contributed by atoms with Crippen molar-refractivity contribution in [3.05, 3.63) is 119 Å². The van der Waals surface area contributed by atoms with Crippen LogP contribution in [0.2, 0.25) is 0 Å². The first-order valence-electron chi connectivity index (χ1n) is 16.4. The zero-order chi connectivity index (χ0) is 41.2. The van der Waals surface area contributed by atoms with Crippen LogP contribution in [0.25, 0.3) is 10.9 Å². The highest BCUT2D eigenvalue weighted by molar-refractivity contribution is 5.85. The number of hydrogen-bond donors (Lipinski definition) is 13. The van der Waals surface area contributed by atoms with Crippen molar-refractivity contribution in [3.8, 4) is 23.0 Å². The van der Waals surface area contributed by atoms with Gasteiger partial charge in [-0.2, -0.15) is 0 Å². The first-order chi connectivity index (χ1) is 25.9. The van der Waals surface area contributed by atoms with Crippen LogP contribution in [0, 0.1) is 0 Å². The third-order valence-electron chi connectivity index (χ3n) is 7.65. The second-order valence-corrected chi connectivity index (χ2v) is 12.1. The van der Waals surface area contributed by atoms with E-state index >= 15 is 0 Å². The Morgan fingerprint density at radius 3 is 1.49 bits per heavy atom. The molecule has 0 aliphatic heterocycles. The van der Waals surface area contributed by atoms with Gasteiger partial charge in [0, 0.05) is 29.9 Å². The molecule has 17 nitrogen and oxygen atoms in total. The van der Waals surface area contributed by atoms with E-state index in [-0.39, 0.29) is 48.7 Å². The quantitative estimate of drug-likeness (QED) is 0.0862. The summed E-state index contributed by atoms with van der Waals surface area (Å²) in [4.78, 5) is 44.8. The molecule has 0 bridgehead atoms. The number of nitrogens with two attached hydrogens (primary N) is 4. The maximum absolute atomic E-state index is 10.6. The number of phenols is 4. The van der Waals surface area contributed by atoms with Gasteiger partial charge in [-0.25, -0.2) is 0 Å². The summed E-state index contributed by atoms with van der Waals surface area (Å²) in [6.45, 7) is 0. The number of aromatic nitrogens is 1. The Hall–Kier alpha value is -6.66. The average Bonchev–Trinajstić information content (AvgIpc) is 3.52. The van der Waals surface area contributed by atoms with E-state index in [1.54, 1.807) is 66.9 Å². The maximum Gasteiger partial charge on any atom is 0.320 e. The zero-order valence-corrected chi connectivity index (χ0v) is 29.4. The van der Waals surface area contributed by atoms with Crippen LogP contribution < -0.4 is 22.9 Å². The summed E-state index contributed by atoms with van der Waals surface area (Å²) in [5.41, 5.74) is 25.1. The second-order valence-electron chi connectivity index (χ2n) is 12.1. The molecule has 17 heteroatoms. The number of hydrogen-bond acceptors (Lipinski definition) is 12. The Morgan fingerprint density at radius 2 is 0.964 bits per heavy atom. The number of carboxylic acid groups (broad SMARTS) is 4. The normalized spacial score (nSPS) is 12.5. The van der Waals surface area contributed by atoms with E-state index in [0.717, 1.165) is 27.6 Å². The van der Waals surface area contributed by atoms with Crippen LogP contribution in [-0.4, -0.2) is 93.9 Å². The molecule has 55 heavy (non-hydrogen) atoms. The third-order valence-corrected chi connectivity index (χ3v) is 7.65. The van der Waals surface area contributed by atoms with Crippen LogP contribution in [0.5, 0.6) is 23.0 Å². The number of rotatable bonds is 12. The molecule has 4 atom stereocenters. The van der Waals surface area contributed by atoms with E-state index in [1.165, 1.54) is 30.3 Å². The molecule has 0 saturated carbocycles. The number of carbonyl (C=O) groups is 4. The number of H-pyrrole nitrogens is 1. The second kappa shape index (κ2) is 21.8. The highest BCUT2D eigenvalue weighted by Gasteiger charge is 2.16. The maximum atomic E-state index is 10.6. The number of phenolic OH excluding ortho intramolecular Hbond substituents is 4. The fourth-order valence-electron chi connectivity index (χ4n) is 4.67. The molecule has 4 aromatic carbocycles. The topological polar surface area (TPSA) is 350 Å². The van der Waals surface area contributed by atoms with E-state index in [9.17, 15) is 29.4 Å². The Labute approximate surface area is 314 Å². The molecule has 0 spiro atoms. The number of carboxylic acids is 4. The molecule has 1 aromatic heterocycles. The molecule has 5 rings (SSSR count). The summed E-state index contributed by atoms with van der Waals surface area (Å²) in [7, 11) is 0. The minimum absolute atomic E-state index is 0.0826. The van der Waals surface area contributed by atoms with Crippen LogP contribution in [0.1, 0.15) is 22.3 Å². The number of aliphatic carboxylic acids is 4. The summed E-state index contributed by atoms with van der Waals surface area (Å²) in [5.74, 6) is -3.65. The SMILES string of the molecule is NC(Cc1c[nH]c2ccc(O)cc12)C(=O)O.NC(Cc1ccc(O)cc1)C(=O)O.NC(Cc1cccc(O)c1)C(=O)O.NC(Cc1ccccc1O)C(=O)O. The van der Waals surface area contributed by atoms with Gasteiger partial charge in [0.05, 0.1) is 0 Å². The van der Waals surface area contributed by atoms with Gasteiger partial charge in [0.1, 0.15) is 47.2 Å². The average molecular weight is 764 g/mol. The molecule has 17 N–H and O–H groups in total. The van der Waals surface area contributed by atoms with Crippen molar-refractivity contribution in [3.63, 3.8) is 0 Å². The van der Waals surface area contributed by atoms with Gasteiger partial charge in [-0.3, -0.25) is 19.2 Å². The lowest BCUT2D eigenvalue weighted by atomic mass is 10.1. The standard InChI is InChI=1S/C11H12N2O3.3C9H11NO3/c12-9(11(15)16)3-6-5-13-10-2-1-7(14)4-8(6)10;10-8(9(12)13)5-6-1-3-7(11)4-2-6;10-8(9(12)13)5-6-2-1-3-7(11)4-6;10-7(9(12)13)5-6-3-1-2-4-8(6)11/h1-2,4-5,9,13-14H,3,12H2,(H,15,16);2*1-4,8,11H,5,10H2,(H,12,13);1-4,7,11H,5,10H2,(H,12,13). The molecule has 0 aliphatic carbocycles. The fraction of sp³-hybridized carbons (Fsp3) is 0.211. The van der Waals surface area contributed by atoms with Crippen molar-refractivity contribution in [2.24, 2.45) is 22.9 Å². The van der Waals surface area contributed by atoms with Gasteiger partial charge < -0.3 is 68.8 Å². The molecule has 294 valence electrons. The first-order valence-corrected chi connectivity index (χ1v) is 16.4. The van der Waals surface area contributed by atoms with Gasteiger partial charge in [0.25, 0.3) is 0 Å². The van der Waals surface area contributed by atoms with E-state index in [4.69, 9.17) is 53.6 Å². The van der Waals surface area contributed by atoms with Crippen LogP contribution in [0.15, 0.2) is 97.2 Å². The van der Waals surface area contributed by atoms with E-state index < -0.39 is 48.0 Å². The van der Waals surface area contributed by atoms with E-state index in [0.29, 0.717) is 5.56 Å².